The second kappa shape index (κ2) is 13.6. The molecule has 2 atom stereocenters. The van der Waals surface area contributed by atoms with Crippen molar-refractivity contribution in [2.45, 2.75) is 45.3 Å². The maximum absolute atomic E-state index is 14.0. The lowest BCUT2D eigenvalue weighted by Crippen LogP contribution is -2.54. The number of benzene rings is 3. The van der Waals surface area contributed by atoms with Gasteiger partial charge in [0.05, 0.1) is 17.0 Å². The third kappa shape index (κ3) is 8.53. The molecule has 3 aromatic carbocycles. The van der Waals surface area contributed by atoms with Crippen LogP contribution < -0.4 is 9.62 Å². The van der Waals surface area contributed by atoms with Crippen molar-refractivity contribution in [2.75, 3.05) is 17.1 Å². The van der Waals surface area contributed by atoms with Crippen molar-refractivity contribution in [3.63, 3.8) is 0 Å². The van der Waals surface area contributed by atoms with Crippen molar-refractivity contribution in [3.8, 4) is 0 Å². The Labute approximate surface area is 234 Å². The molecule has 0 aliphatic carbocycles. The monoisotopic (exact) mass is 573 g/mol. The van der Waals surface area contributed by atoms with Crippen LogP contribution in [0.15, 0.2) is 78.9 Å². The van der Waals surface area contributed by atoms with Crippen molar-refractivity contribution in [2.24, 2.45) is 0 Å². The first kappa shape index (κ1) is 30.1. The van der Waals surface area contributed by atoms with Gasteiger partial charge in [-0.3, -0.25) is 13.9 Å². The van der Waals surface area contributed by atoms with Gasteiger partial charge in [-0.15, -0.1) is 0 Å². The van der Waals surface area contributed by atoms with Gasteiger partial charge in [0.25, 0.3) is 0 Å². The van der Waals surface area contributed by atoms with Crippen LogP contribution in [0.25, 0.3) is 0 Å². The molecular weight excluding hydrogens is 541 g/mol. The van der Waals surface area contributed by atoms with E-state index in [1.165, 1.54) is 11.0 Å². The summed E-state index contributed by atoms with van der Waals surface area (Å²) in [4.78, 5) is 29.0. The van der Waals surface area contributed by atoms with Crippen LogP contribution in [-0.2, 0) is 32.6 Å². The zero-order chi connectivity index (χ0) is 28.6. The summed E-state index contributed by atoms with van der Waals surface area (Å²) in [5, 5.41) is 2.70. The molecule has 1 N–H and O–H groups in total. The summed E-state index contributed by atoms with van der Waals surface area (Å²) in [6, 6.07) is 20.9. The summed E-state index contributed by atoms with van der Waals surface area (Å²) in [7, 11) is -3.97. The third-order valence-corrected chi connectivity index (χ3v) is 7.77. The van der Waals surface area contributed by atoms with E-state index in [0.29, 0.717) is 6.42 Å². The summed E-state index contributed by atoms with van der Waals surface area (Å²) >= 11 is 5.91. The van der Waals surface area contributed by atoms with E-state index in [9.17, 15) is 22.4 Å². The molecule has 7 nitrogen and oxygen atoms in total. The van der Waals surface area contributed by atoms with Gasteiger partial charge in [0.1, 0.15) is 18.4 Å². The van der Waals surface area contributed by atoms with E-state index in [0.717, 1.165) is 33.8 Å². The number of nitrogens with zero attached hydrogens (tertiary/aromatic N) is 2. The Morgan fingerprint density at radius 2 is 1.56 bits per heavy atom. The van der Waals surface area contributed by atoms with E-state index in [4.69, 9.17) is 11.6 Å². The number of hydrogen-bond acceptors (Lipinski definition) is 4. The highest BCUT2D eigenvalue weighted by Crippen LogP contribution is 2.25. The molecule has 0 unspecified atom stereocenters. The number of rotatable bonds is 12. The van der Waals surface area contributed by atoms with Gasteiger partial charge >= 0.3 is 0 Å². The van der Waals surface area contributed by atoms with Crippen LogP contribution in [0.1, 0.15) is 31.4 Å². The largest absolute Gasteiger partial charge is 0.352 e. The van der Waals surface area contributed by atoms with Gasteiger partial charge in [-0.05, 0) is 42.7 Å². The summed E-state index contributed by atoms with van der Waals surface area (Å²) < 4.78 is 40.2. The van der Waals surface area contributed by atoms with Crippen LogP contribution in [0.2, 0.25) is 5.02 Å². The average molecular weight is 574 g/mol. The molecule has 0 saturated heterocycles. The first-order valence-electron chi connectivity index (χ1n) is 12.6. The van der Waals surface area contributed by atoms with Gasteiger partial charge < -0.3 is 10.2 Å². The Bertz CT molecular complexity index is 1370. The molecule has 0 spiro atoms. The number of carbonyl (C=O) groups excluding carboxylic acids is 2. The quantitative estimate of drug-likeness (QED) is 0.337. The number of sulfonamides is 1. The minimum absolute atomic E-state index is 0.0422. The van der Waals surface area contributed by atoms with Crippen molar-refractivity contribution in [3.05, 3.63) is 101 Å². The SMILES string of the molecule is CC[C@@H](C)NC(=O)[C@H](Cc1ccccc1)N(Cc1ccccc1)C(=O)CN(c1ccc(F)c(Cl)c1)S(C)(=O)=O. The van der Waals surface area contributed by atoms with E-state index in [1.54, 1.807) is 0 Å². The molecule has 0 bridgehead atoms. The predicted octanol–water partition coefficient (Wildman–Crippen LogP) is 4.80. The van der Waals surface area contributed by atoms with Crippen LogP contribution in [0.3, 0.4) is 0 Å². The number of carbonyl (C=O) groups is 2. The summed E-state index contributed by atoms with van der Waals surface area (Å²) in [6.45, 7) is 3.30. The maximum Gasteiger partial charge on any atom is 0.244 e. The van der Waals surface area contributed by atoms with Crippen molar-refractivity contribution in [1.29, 1.82) is 0 Å². The minimum Gasteiger partial charge on any atom is -0.352 e. The molecule has 39 heavy (non-hydrogen) atoms. The molecule has 0 aromatic heterocycles. The molecule has 0 heterocycles. The molecule has 208 valence electrons. The van der Waals surface area contributed by atoms with E-state index in [2.05, 4.69) is 5.32 Å². The van der Waals surface area contributed by atoms with Crippen LogP contribution in [0, 0.1) is 5.82 Å². The molecule has 0 saturated carbocycles. The van der Waals surface area contributed by atoms with Crippen LogP contribution in [0.5, 0.6) is 0 Å². The van der Waals surface area contributed by atoms with E-state index < -0.39 is 34.3 Å². The first-order valence-corrected chi connectivity index (χ1v) is 14.8. The van der Waals surface area contributed by atoms with Gasteiger partial charge in [-0.25, -0.2) is 12.8 Å². The molecule has 0 aliphatic rings. The van der Waals surface area contributed by atoms with Crippen molar-refractivity contribution in [1.82, 2.24) is 10.2 Å². The third-order valence-electron chi connectivity index (χ3n) is 6.34. The average Bonchev–Trinajstić information content (AvgIpc) is 2.91. The summed E-state index contributed by atoms with van der Waals surface area (Å²) in [5.74, 6) is -1.64. The number of nitrogens with one attached hydrogen (secondary N) is 1. The highest BCUT2D eigenvalue weighted by Gasteiger charge is 2.33. The number of amides is 2. The van der Waals surface area contributed by atoms with Crippen LogP contribution in [-0.4, -0.2) is 50.0 Å². The highest BCUT2D eigenvalue weighted by molar-refractivity contribution is 7.92. The molecular formula is C29H33ClFN3O4S. The topological polar surface area (TPSA) is 86.8 Å². The number of halogens is 2. The van der Waals surface area contributed by atoms with Gasteiger partial charge in [-0.1, -0.05) is 79.2 Å². The zero-order valence-electron chi connectivity index (χ0n) is 22.2. The number of hydrogen-bond donors (Lipinski definition) is 1. The van der Waals surface area contributed by atoms with Gasteiger partial charge in [0, 0.05) is 19.0 Å². The maximum atomic E-state index is 14.0. The lowest BCUT2D eigenvalue weighted by molar-refractivity contribution is -0.140. The Hall–Kier alpha value is -3.43. The Kier molecular flexibility index (Phi) is 10.5. The standard InChI is InChI=1S/C29H33ClFN3O4S/c1-4-21(2)32-29(36)27(17-22-11-7-5-8-12-22)33(19-23-13-9-6-10-14-23)28(35)20-34(39(3,37)38)24-15-16-26(31)25(30)18-24/h5-16,18,21,27H,4,17,19-20H2,1-3H3,(H,32,36)/t21-,27+/m1/s1. The molecule has 3 aromatic rings. The van der Waals surface area contributed by atoms with Crippen molar-refractivity contribution < 1.29 is 22.4 Å². The molecule has 0 aliphatic heterocycles. The van der Waals surface area contributed by atoms with E-state index in [-0.39, 0.29) is 35.6 Å². The van der Waals surface area contributed by atoms with Crippen LogP contribution in [0.4, 0.5) is 10.1 Å². The molecule has 3 rings (SSSR count). The summed E-state index contributed by atoms with van der Waals surface area (Å²) in [5.41, 5.74) is 1.66. The number of anilines is 1. The molecule has 0 fully saturated rings. The second-order valence-electron chi connectivity index (χ2n) is 9.40. The van der Waals surface area contributed by atoms with Gasteiger partial charge in [-0.2, -0.15) is 0 Å². The Balaban J connectivity index is 2.05. The lowest BCUT2D eigenvalue weighted by Gasteiger charge is -2.34. The highest BCUT2D eigenvalue weighted by atomic mass is 35.5. The first-order chi connectivity index (χ1) is 18.5. The smallest absolute Gasteiger partial charge is 0.244 e. The summed E-state index contributed by atoms with van der Waals surface area (Å²) in [6.07, 6.45) is 1.88. The molecule has 10 heteroatoms. The van der Waals surface area contributed by atoms with E-state index >= 15 is 0 Å². The second-order valence-corrected chi connectivity index (χ2v) is 11.7. The fraction of sp³-hybridized carbons (Fsp3) is 0.310. The Morgan fingerprint density at radius 1 is 0.974 bits per heavy atom. The molecule has 0 radical (unpaired) electrons. The van der Waals surface area contributed by atoms with E-state index in [1.807, 2.05) is 74.5 Å². The van der Waals surface area contributed by atoms with Crippen LogP contribution >= 0.6 is 11.6 Å². The fourth-order valence-electron chi connectivity index (χ4n) is 4.03. The predicted molar refractivity (Wildman–Crippen MR) is 152 cm³/mol. The van der Waals surface area contributed by atoms with Gasteiger partial charge in [0.15, 0.2) is 0 Å². The zero-order valence-corrected chi connectivity index (χ0v) is 23.8. The van der Waals surface area contributed by atoms with Crippen molar-refractivity contribution >= 4 is 39.1 Å². The fourth-order valence-corrected chi connectivity index (χ4v) is 5.05. The van der Waals surface area contributed by atoms with Gasteiger partial charge in [0.2, 0.25) is 21.8 Å². The normalized spacial score (nSPS) is 12.8. The molecule has 2 amide bonds. The lowest BCUT2D eigenvalue weighted by atomic mass is 10.0. The Morgan fingerprint density at radius 3 is 2.10 bits per heavy atom. The minimum atomic E-state index is -3.97.